The molecule has 6 nitrogen and oxygen atoms in total. The van der Waals surface area contributed by atoms with Crippen LogP contribution in [0, 0.1) is 0 Å². The first-order chi connectivity index (χ1) is 12.8. The van der Waals surface area contributed by atoms with Gasteiger partial charge in [0.1, 0.15) is 5.75 Å². The Morgan fingerprint density at radius 1 is 1.07 bits per heavy atom. The molecule has 0 aromatic heterocycles. The molecule has 0 unspecified atom stereocenters. The Balaban J connectivity index is 1.81. The summed E-state index contributed by atoms with van der Waals surface area (Å²) >= 11 is 0. The van der Waals surface area contributed by atoms with Gasteiger partial charge in [0.25, 0.3) is 5.91 Å². The van der Waals surface area contributed by atoms with Crippen molar-refractivity contribution in [2.75, 3.05) is 26.0 Å². The number of ether oxygens (including phenoxy) is 1. The molecule has 0 saturated heterocycles. The van der Waals surface area contributed by atoms with Crippen LogP contribution in [-0.2, 0) is 11.3 Å². The molecule has 0 atom stereocenters. The maximum Gasteiger partial charge on any atom is 0.253 e. The highest BCUT2D eigenvalue weighted by Gasteiger charge is 2.09. The third-order valence-electron chi connectivity index (χ3n) is 3.75. The summed E-state index contributed by atoms with van der Waals surface area (Å²) in [6, 6.07) is 14.8. The number of nitrogens with one attached hydrogen (secondary N) is 2. The minimum Gasteiger partial charge on any atom is -0.491 e. The molecule has 0 aliphatic carbocycles. The van der Waals surface area contributed by atoms with Crippen molar-refractivity contribution in [3.63, 3.8) is 0 Å². The maximum atomic E-state index is 12.1. The van der Waals surface area contributed by atoms with Gasteiger partial charge in [0.15, 0.2) is 0 Å². The highest BCUT2D eigenvalue weighted by atomic mass is 16.5. The van der Waals surface area contributed by atoms with E-state index in [1.54, 1.807) is 32.3 Å². The van der Waals surface area contributed by atoms with Gasteiger partial charge in [-0.3, -0.25) is 9.59 Å². The van der Waals surface area contributed by atoms with E-state index in [4.69, 9.17) is 4.74 Å². The van der Waals surface area contributed by atoms with Gasteiger partial charge in [0.2, 0.25) is 5.91 Å². The van der Waals surface area contributed by atoms with Gasteiger partial charge in [0.05, 0.1) is 12.6 Å². The van der Waals surface area contributed by atoms with Crippen LogP contribution in [0.1, 0.15) is 29.8 Å². The molecule has 0 aliphatic rings. The van der Waals surface area contributed by atoms with E-state index in [9.17, 15) is 9.59 Å². The zero-order chi connectivity index (χ0) is 19.8. The lowest BCUT2D eigenvalue weighted by Gasteiger charge is -2.12. The van der Waals surface area contributed by atoms with E-state index < -0.39 is 0 Å². The lowest BCUT2D eigenvalue weighted by Crippen LogP contribution is -2.29. The summed E-state index contributed by atoms with van der Waals surface area (Å²) in [5.74, 6) is 0.615. The number of anilines is 1. The number of hydrogen-bond acceptors (Lipinski definition) is 4. The Bertz CT molecular complexity index is 770. The van der Waals surface area contributed by atoms with E-state index in [-0.39, 0.29) is 24.5 Å². The first-order valence-corrected chi connectivity index (χ1v) is 8.93. The SMILES string of the molecule is CC(C)Oc1ccc(CNC(=O)CNc2cccc(C(=O)N(C)C)c2)cc1. The number of amides is 2. The second-order valence-corrected chi connectivity index (χ2v) is 6.72. The molecular formula is C21H27N3O3. The van der Waals surface area contributed by atoms with E-state index in [0.717, 1.165) is 17.0 Å². The predicted octanol–water partition coefficient (Wildman–Crippen LogP) is 2.90. The van der Waals surface area contributed by atoms with E-state index in [1.807, 2.05) is 44.2 Å². The van der Waals surface area contributed by atoms with Gasteiger partial charge in [-0.15, -0.1) is 0 Å². The minimum absolute atomic E-state index is 0.0759. The van der Waals surface area contributed by atoms with Gasteiger partial charge in [-0.25, -0.2) is 0 Å². The van der Waals surface area contributed by atoms with Crippen LogP contribution in [0.3, 0.4) is 0 Å². The molecule has 0 heterocycles. The van der Waals surface area contributed by atoms with Gasteiger partial charge >= 0.3 is 0 Å². The van der Waals surface area contributed by atoms with Crippen molar-refractivity contribution in [2.45, 2.75) is 26.5 Å². The third-order valence-corrected chi connectivity index (χ3v) is 3.75. The van der Waals surface area contributed by atoms with Crippen molar-refractivity contribution in [1.82, 2.24) is 10.2 Å². The van der Waals surface area contributed by atoms with Crippen LogP contribution in [0.2, 0.25) is 0 Å². The Hall–Kier alpha value is -3.02. The summed E-state index contributed by atoms with van der Waals surface area (Å²) in [4.78, 5) is 25.6. The highest BCUT2D eigenvalue weighted by molar-refractivity contribution is 5.95. The first-order valence-electron chi connectivity index (χ1n) is 8.93. The number of hydrogen-bond donors (Lipinski definition) is 2. The molecule has 0 bridgehead atoms. The highest BCUT2D eigenvalue weighted by Crippen LogP contribution is 2.14. The average molecular weight is 369 g/mol. The summed E-state index contributed by atoms with van der Waals surface area (Å²) in [6.07, 6.45) is 0.133. The lowest BCUT2D eigenvalue weighted by molar-refractivity contribution is -0.119. The lowest BCUT2D eigenvalue weighted by atomic mass is 10.2. The quantitative estimate of drug-likeness (QED) is 0.751. The number of carbonyl (C=O) groups excluding carboxylic acids is 2. The predicted molar refractivity (Wildman–Crippen MR) is 107 cm³/mol. The van der Waals surface area contributed by atoms with Crippen molar-refractivity contribution in [3.8, 4) is 5.75 Å². The van der Waals surface area contributed by atoms with E-state index in [1.165, 1.54) is 4.90 Å². The summed E-state index contributed by atoms with van der Waals surface area (Å²) in [6.45, 7) is 4.54. The normalized spacial score (nSPS) is 10.4. The Labute approximate surface area is 160 Å². The molecule has 0 radical (unpaired) electrons. The van der Waals surface area contributed by atoms with Crippen LogP contribution in [0.5, 0.6) is 5.75 Å². The van der Waals surface area contributed by atoms with E-state index in [2.05, 4.69) is 10.6 Å². The van der Waals surface area contributed by atoms with Crippen LogP contribution in [0.25, 0.3) is 0 Å². The van der Waals surface area contributed by atoms with Crippen LogP contribution in [-0.4, -0.2) is 43.5 Å². The van der Waals surface area contributed by atoms with Gasteiger partial charge in [-0.05, 0) is 49.7 Å². The molecule has 27 heavy (non-hydrogen) atoms. The monoisotopic (exact) mass is 369 g/mol. The van der Waals surface area contributed by atoms with Gasteiger partial charge in [0, 0.05) is 31.9 Å². The average Bonchev–Trinajstić information content (AvgIpc) is 2.65. The molecule has 2 aromatic carbocycles. The van der Waals surface area contributed by atoms with Gasteiger partial charge in [-0.2, -0.15) is 0 Å². The van der Waals surface area contributed by atoms with Crippen molar-refractivity contribution in [1.29, 1.82) is 0 Å². The molecule has 0 spiro atoms. The molecular weight excluding hydrogens is 342 g/mol. The van der Waals surface area contributed by atoms with Crippen LogP contribution >= 0.6 is 0 Å². The Kier molecular flexibility index (Phi) is 7.23. The number of rotatable bonds is 8. The number of carbonyl (C=O) groups is 2. The molecule has 144 valence electrons. The number of benzene rings is 2. The standard InChI is InChI=1S/C21H27N3O3/c1-15(2)27-19-10-8-16(9-11-19)13-23-20(25)14-22-18-7-5-6-17(12-18)21(26)24(3)4/h5-12,15,22H,13-14H2,1-4H3,(H,23,25). The molecule has 0 fully saturated rings. The molecule has 2 aromatic rings. The molecule has 0 aliphatic heterocycles. The summed E-state index contributed by atoms with van der Waals surface area (Å²) in [7, 11) is 3.41. The molecule has 2 N–H and O–H groups in total. The fourth-order valence-electron chi connectivity index (χ4n) is 2.42. The van der Waals surface area contributed by atoms with E-state index in [0.29, 0.717) is 12.1 Å². The second kappa shape index (κ2) is 9.62. The zero-order valence-corrected chi connectivity index (χ0v) is 16.3. The number of nitrogens with zero attached hydrogens (tertiary/aromatic N) is 1. The summed E-state index contributed by atoms with van der Waals surface area (Å²) in [5.41, 5.74) is 2.31. The smallest absolute Gasteiger partial charge is 0.253 e. The second-order valence-electron chi connectivity index (χ2n) is 6.72. The summed E-state index contributed by atoms with van der Waals surface area (Å²) in [5, 5.41) is 5.91. The fraction of sp³-hybridized carbons (Fsp3) is 0.333. The zero-order valence-electron chi connectivity index (χ0n) is 16.3. The van der Waals surface area contributed by atoms with Crippen LogP contribution in [0.15, 0.2) is 48.5 Å². The maximum absolute atomic E-state index is 12.1. The van der Waals surface area contributed by atoms with Gasteiger partial charge in [-0.1, -0.05) is 18.2 Å². The first kappa shape index (κ1) is 20.3. The Morgan fingerprint density at radius 2 is 1.78 bits per heavy atom. The van der Waals surface area contributed by atoms with Crippen molar-refractivity contribution < 1.29 is 14.3 Å². The third kappa shape index (κ3) is 6.66. The molecule has 6 heteroatoms. The topological polar surface area (TPSA) is 70.7 Å². The largest absolute Gasteiger partial charge is 0.491 e. The van der Waals surface area contributed by atoms with Crippen molar-refractivity contribution in [2.24, 2.45) is 0 Å². The molecule has 0 saturated carbocycles. The van der Waals surface area contributed by atoms with Crippen LogP contribution < -0.4 is 15.4 Å². The minimum atomic E-state index is -0.123. The Morgan fingerprint density at radius 3 is 2.41 bits per heavy atom. The van der Waals surface area contributed by atoms with Crippen molar-refractivity contribution in [3.05, 3.63) is 59.7 Å². The van der Waals surface area contributed by atoms with Crippen LogP contribution in [0.4, 0.5) is 5.69 Å². The van der Waals surface area contributed by atoms with Crippen molar-refractivity contribution >= 4 is 17.5 Å². The molecule has 2 rings (SSSR count). The fourth-order valence-corrected chi connectivity index (χ4v) is 2.42. The molecule has 2 amide bonds. The van der Waals surface area contributed by atoms with Gasteiger partial charge < -0.3 is 20.3 Å². The van der Waals surface area contributed by atoms with E-state index >= 15 is 0 Å². The summed E-state index contributed by atoms with van der Waals surface area (Å²) < 4.78 is 5.60.